The van der Waals surface area contributed by atoms with E-state index in [0.29, 0.717) is 17.6 Å². The maximum absolute atomic E-state index is 12.4. The van der Waals surface area contributed by atoms with Gasteiger partial charge in [-0.2, -0.15) is 9.78 Å². The zero-order valence-electron chi connectivity index (χ0n) is 20.1. The number of anilines is 1. The highest BCUT2D eigenvalue weighted by atomic mass is 16.6. The third-order valence-electron chi connectivity index (χ3n) is 5.89. The highest BCUT2D eigenvalue weighted by Crippen LogP contribution is 2.24. The summed E-state index contributed by atoms with van der Waals surface area (Å²) in [6.45, 7) is 9.72. The number of rotatable bonds is 5. The lowest BCUT2D eigenvalue weighted by atomic mass is 10.0. The molecule has 1 aliphatic rings. The van der Waals surface area contributed by atoms with Gasteiger partial charge >= 0.3 is 6.09 Å². The summed E-state index contributed by atoms with van der Waals surface area (Å²) in [5, 5.41) is 19.9. The minimum atomic E-state index is -0.590. The minimum absolute atomic E-state index is 0.171. The number of nitro groups is 1. The molecule has 1 unspecified atom stereocenters. The van der Waals surface area contributed by atoms with E-state index in [2.05, 4.69) is 15.3 Å². The number of fused-ring (bicyclic) bond motifs is 1. The summed E-state index contributed by atoms with van der Waals surface area (Å²) in [6.07, 6.45) is 3.26. The molecule has 2 aromatic carbocycles. The van der Waals surface area contributed by atoms with E-state index < -0.39 is 11.7 Å². The second kappa shape index (κ2) is 9.42. The van der Waals surface area contributed by atoms with E-state index in [-0.39, 0.29) is 16.7 Å². The molecule has 34 heavy (non-hydrogen) atoms. The zero-order chi connectivity index (χ0) is 24.5. The van der Waals surface area contributed by atoms with Crippen LogP contribution in [0.3, 0.4) is 0 Å². The van der Waals surface area contributed by atoms with E-state index >= 15 is 0 Å². The standard InChI is InChI=1S/C25H31N5O4/c1-17-7-8-18(12-23(17)30(32)33)15-28-11-5-6-21(16-28)27-20-9-10-22-19(13-20)14-26-29(22)24(31)34-25(2,3)4/h7-10,12-14,21,27H,5-6,11,15-16H2,1-4H3. The Bertz CT molecular complexity index is 1210. The van der Waals surface area contributed by atoms with Crippen LogP contribution in [0.2, 0.25) is 0 Å². The first-order valence-corrected chi connectivity index (χ1v) is 11.5. The zero-order valence-corrected chi connectivity index (χ0v) is 20.1. The molecule has 0 spiro atoms. The van der Waals surface area contributed by atoms with Crippen LogP contribution in [0.15, 0.2) is 42.6 Å². The van der Waals surface area contributed by atoms with Gasteiger partial charge in [0.1, 0.15) is 5.60 Å². The van der Waals surface area contributed by atoms with Crippen molar-refractivity contribution in [2.45, 2.75) is 58.7 Å². The van der Waals surface area contributed by atoms with Crippen LogP contribution in [0.25, 0.3) is 10.9 Å². The number of hydrogen-bond acceptors (Lipinski definition) is 7. The second-order valence-corrected chi connectivity index (χ2v) is 9.91. The van der Waals surface area contributed by atoms with E-state index in [4.69, 9.17) is 4.74 Å². The molecule has 3 aromatic rings. The smallest absolute Gasteiger partial charge is 0.435 e. The predicted molar refractivity (Wildman–Crippen MR) is 131 cm³/mol. The quantitative estimate of drug-likeness (QED) is 0.412. The summed E-state index contributed by atoms with van der Waals surface area (Å²) >= 11 is 0. The van der Waals surface area contributed by atoms with Crippen molar-refractivity contribution in [2.75, 3.05) is 18.4 Å². The Hall–Kier alpha value is -3.46. The number of piperidine rings is 1. The SMILES string of the molecule is Cc1ccc(CN2CCCC(Nc3ccc4c(cnn4C(=O)OC(C)(C)C)c3)C2)cc1[N+](=O)[O-]. The van der Waals surface area contributed by atoms with E-state index in [9.17, 15) is 14.9 Å². The largest absolute Gasteiger partial charge is 0.442 e. The lowest BCUT2D eigenvalue weighted by Crippen LogP contribution is -2.41. The fourth-order valence-corrected chi connectivity index (χ4v) is 4.33. The fourth-order valence-electron chi connectivity index (χ4n) is 4.33. The van der Waals surface area contributed by atoms with Gasteiger partial charge in [-0.25, -0.2) is 4.79 Å². The number of carbonyl (C=O) groups excluding carboxylic acids is 1. The molecular formula is C25H31N5O4. The van der Waals surface area contributed by atoms with Crippen molar-refractivity contribution < 1.29 is 14.5 Å². The minimum Gasteiger partial charge on any atom is -0.442 e. The third-order valence-corrected chi connectivity index (χ3v) is 5.89. The van der Waals surface area contributed by atoms with Crippen LogP contribution in [-0.2, 0) is 11.3 Å². The van der Waals surface area contributed by atoms with Gasteiger partial charge in [-0.1, -0.05) is 12.1 Å². The van der Waals surface area contributed by atoms with E-state index in [1.54, 1.807) is 19.2 Å². The van der Waals surface area contributed by atoms with E-state index in [1.807, 2.05) is 51.1 Å². The molecule has 4 rings (SSSR count). The van der Waals surface area contributed by atoms with Crippen molar-refractivity contribution in [1.29, 1.82) is 0 Å². The summed E-state index contributed by atoms with van der Waals surface area (Å²) in [4.78, 5) is 25.7. The number of aromatic nitrogens is 2. The highest BCUT2D eigenvalue weighted by molar-refractivity contribution is 5.89. The van der Waals surface area contributed by atoms with Gasteiger partial charge in [0.25, 0.3) is 5.69 Å². The monoisotopic (exact) mass is 465 g/mol. The Balaban J connectivity index is 1.42. The summed E-state index contributed by atoms with van der Waals surface area (Å²) < 4.78 is 6.72. The molecule has 9 nitrogen and oxygen atoms in total. The number of nitro benzene ring substituents is 1. The molecule has 1 aliphatic heterocycles. The maximum Gasteiger partial charge on any atom is 0.435 e. The van der Waals surface area contributed by atoms with Gasteiger partial charge in [0.2, 0.25) is 0 Å². The molecule has 1 atom stereocenters. The van der Waals surface area contributed by atoms with Crippen molar-refractivity contribution in [3.8, 4) is 0 Å². The molecule has 1 aromatic heterocycles. The van der Waals surface area contributed by atoms with Crippen molar-refractivity contribution >= 4 is 28.4 Å². The van der Waals surface area contributed by atoms with Gasteiger partial charge in [0.05, 0.1) is 16.6 Å². The maximum atomic E-state index is 12.4. The van der Waals surface area contributed by atoms with Gasteiger partial charge in [-0.15, -0.1) is 0 Å². The van der Waals surface area contributed by atoms with E-state index in [1.165, 1.54) is 4.68 Å². The molecule has 180 valence electrons. The van der Waals surface area contributed by atoms with Crippen LogP contribution in [0.4, 0.5) is 16.2 Å². The van der Waals surface area contributed by atoms with Crippen molar-refractivity contribution in [1.82, 2.24) is 14.7 Å². The number of hydrogen-bond donors (Lipinski definition) is 1. The van der Waals surface area contributed by atoms with Gasteiger partial charge < -0.3 is 10.1 Å². The molecule has 1 N–H and O–H groups in total. The molecule has 0 saturated carbocycles. The van der Waals surface area contributed by atoms with Gasteiger partial charge in [-0.3, -0.25) is 15.0 Å². The van der Waals surface area contributed by atoms with Crippen LogP contribution < -0.4 is 5.32 Å². The van der Waals surface area contributed by atoms with Gasteiger partial charge in [-0.05, 0) is 70.8 Å². The summed E-state index contributed by atoms with van der Waals surface area (Å²) in [5.41, 5.74) is 2.88. The number of likely N-dealkylation sites (tertiary alicyclic amines) is 1. The molecular weight excluding hydrogens is 434 g/mol. The Morgan fingerprint density at radius 3 is 2.79 bits per heavy atom. The van der Waals surface area contributed by atoms with Crippen LogP contribution >= 0.6 is 0 Å². The molecule has 0 amide bonds. The highest BCUT2D eigenvalue weighted by Gasteiger charge is 2.22. The van der Waals surface area contributed by atoms with Crippen LogP contribution in [0.1, 0.15) is 44.7 Å². The van der Waals surface area contributed by atoms with Crippen molar-refractivity contribution in [3.63, 3.8) is 0 Å². The van der Waals surface area contributed by atoms with Crippen molar-refractivity contribution in [2.24, 2.45) is 0 Å². The first-order valence-electron chi connectivity index (χ1n) is 11.5. The number of benzene rings is 2. The summed E-state index contributed by atoms with van der Waals surface area (Å²) in [7, 11) is 0. The Morgan fingerprint density at radius 1 is 1.26 bits per heavy atom. The number of carbonyl (C=O) groups is 1. The van der Waals surface area contributed by atoms with E-state index in [0.717, 1.165) is 42.6 Å². The van der Waals surface area contributed by atoms with Gasteiger partial charge in [0.15, 0.2) is 0 Å². The van der Waals surface area contributed by atoms with Gasteiger partial charge in [0, 0.05) is 41.8 Å². The number of aryl methyl sites for hydroxylation is 1. The number of nitrogens with one attached hydrogen (secondary N) is 1. The third kappa shape index (κ3) is 5.53. The molecule has 2 heterocycles. The molecule has 9 heteroatoms. The Kier molecular flexibility index (Phi) is 6.56. The van der Waals surface area contributed by atoms with Crippen LogP contribution in [-0.4, -0.2) is 50.4 Å². The molecule has 1 saturated heterocycles. The summed E-state index contributed by atoms with van der Waals surface area (Å²) in [5.74, 6) is 0. The van der Waals surface area contributed by atoms with Crippen LogP contribution in [0.5, 0.6) is 0 Å². The topological polar surface area (TPSA) is 103 Å². The molecule has 0 radical (unpaired) electrons. The molecule has 1 fully saturated rings. The fraction of sp³-hybridized carbons (Fsp3) is 0.440. The van der Waals surface area contributed by atoms with Crippen molar-refractivity contribution in [3.05, 3.63) is 63.8 Å². The first kappa shape index (κ1) is 23.7. The average molecular weight is 466 g/mol. The Morgan fingerprint density at radius 2 is 2.06 bits per heavy atom. The average Bonchev–Trinajstić information content (AvgIpc) is 3.17. The lowest BCUT2D eigenvalue weighted by Gasteiger charge is -2.33. The first-order chi connectivity index (χ1) is 16.1. The lowest BCUT2D eigenvalue weighted by molar-refractivity contribution is -0.385. The normalized spacial score (nSPS) is 17.0. The predicted octanol–water partition coefficient (Wildman–Crippen LogP) is 5.11. The molecule has 0 aliphatic carbocycles. The number of nitrogens with zero attached hydrogens (tertiary/aromatic N) is 4. The second-order valence-electron chi connectivity index (χ2n) is 9.91. The van der Waals surface area contributed by atoms with Crippen LogP contribution in [0, 0.1) is 17.0 Å². The number of ether oxygens (including phenoxy) is 1. The summed E-state index contributed by atoms with van der Waals surface area (Å²) in [6, 6.07) is 11.5. The molecule has 0 bridgehead atoms. The Labute approximate surface area is 198 Å².